The molecule has 2 aromatic rings. The van der Waals surface area contributed by atoms with Crippen LogP contribution in [0.5, 0.6) is 11.5 Å². The number of amides is 2. The lowest BCUT2D eigenvalue weighted by Gasteiger charge is -2.46. The zero-order valence-electron chi connectivity index (χ0n) is 22.8. The van der Waals surface area contributed by atoms with Crippen LogP contribution in [-0.4, -0.2) is 67.1 Å². The second-order valence-electron chi connectivity index (χ2n) is 10.2. The Morgan fingerprint density at radius 3 is 2.35 bits per heavy atom. The van der Waals surface area contributed by atoms with E-state index in [4.69, 9.17) is 19.4 Å². The van der Waals surface area contributed by atoms with Crippen molar-refractivity contribution in [3.63, 3.8) is 0 Å². The number of nitrogens with zero attached hydrogens (tertiary/aromatic N) is 1. The van der Waals surface area contributed by atoms with Gasteiger partial charge in [-0.25, -0.2) is 9.59 Å². The maximum absolute atomic E-state index is 12.7. The fourth-order valence-corrected chi connectivity index (χ4v) is 6.13. The number of benzene rings is 2. The number of hydrogen-bond donors (Lipinski definition) is 3. The summed E-state index contributed by atoms with van der Waals surface area (Å²) in [6, 6.07) is 14.8. The monoisotopic (exact) mass is 629 g/mol. The van der Waals surface area contributed by atoms with Crippen molar-refractivity contribution in [2.24, 2.45) is 0 Å². The largest absolute Gasteiger partial charge is 0.493 e. The fraction of sp³-hybridized carbons (Fsp3) is 0.500. The molecule has 0 bridgehead atoms. The van der Waals surface area contributed by atoms with E-state index in [-0.39, 0.29) is 17.5 Å². The van der Waals surface area contributed by atoms with E-state index in [2.05, 4.69) is 57.4 Å². The molecule has 1 aliphatic heterocycles. The molecule has 8 nitrogen and oxygen atoms in total. The van der Waals surface area contributed by atoms with Gasteiger partial charge in [-0.3, -0.25) is 4.90 Å². The lowest BCUT2D eigenvalue weighted by atomic mass is 9.65. The standard InChI is InChI=1S/C26H34BrN3O3.C2HF3O2/c1-17(2)30-13-12-26(18-8-9-22(32-3)23(14-18)33-4)11-10-21(16-24(26)30)29-25(31)28-20-7-5-6-19(27)15-20;3-2(4,5)1(6)7/h5-9,14-15,17,21,24H,10-13,16H2,1-4H3,(H2,28,29,31);(H,6,7). The Bertz CT molecular complexity index is 1200. The zero-order chi connectivity index (χ0) is 29.7. The number of ether oxygens (including phenoxy) is 2. The number of fused-ring (bicyclic) bond motifs is 1. The van der Waals surface area contributed by atoms with Crippen LogP contribution in [0.1, 0.15) is 45.1 Å². The summed E-state index contributed by atoms with van der Waals surface area (Å²) in [6.07, 6.45) is -1.07. The number of carboxylic acid groups (broad SMARTS) is 1. The van der Waals surface area contributed by atoms with Gasteiger partial charge in [0.05, 0.1) is 14.2 Å². The van der Waals surface area contributed by atoms with Gasteiger partial charge in [-0.05, 0) is 82.0 Å². The molecule has 1 saturated carbocycles. The molecule has 1 aliphatic carbocycles. The summed E-state index contributed by atoms with van der Waals surface area (Å²) in [7, 11) is 3.36. The van der Waals surface area contributed by atoms with Gasteiger partial charge >= 0.3 is 18.2 Å². The highest BCUT2D eigenvalue weighted by atomic mass is 79.9. The quantitative estimate of drug-likeness (QED) is 0.352. The van der Waals surface area contributed by atoms with E-state index in [1.54, 1.807) is 14.2 Å². The number of nitrogens with one attached hydrogen (secondary N) is 2. The first-order valence-corrected chi connectivity index (χ1v) is 13.7. The Balaban J connectivity index is 0.000000559. The van der Waals surface area contributed by atoms with Gasteiger partial charge in [0.1, 0.15) is 0 Å². The van der Waals surface area contributed by atoms with Crippen molar-refractivity contribution >= 4 is 33.6 Å². The Labute approximate surface area is 240 Å². The van der Waals surface area contributed by atoms with Gasteiger partial charge in [-0.2, -0.15) is 13.2 Å². The predicted octanol–water partition coefficient (Wildman–Crippen LogP) is 6.19. The Kier molecular flexibility index (Phi) is 10.3. The third kappa shape index (κ3) is 7.39. The van der Waals surface area contributed by atoms with E-state index in [0.29, 0.717) is 12.1 Å². The first-order chi connectivity index (χ1) is 18.8. The normalized spacial score (nSPS) is 22.5. The Morgan fingerprint density at radius 1 is 1.10 bits per heavy atom. The lowest BCUT2D eigenvalue weighted by Crippen LogP contribution is -2.54. The van der Waals surface area contributed by atoms with Crippen LogP contribution in [0.4, 0.5) is 23.7 Å². The molecule has 2 aliphatic rings. The van der Waals surface area contributed by atoms with Crippen molar-refractivity contribution in [1.29, 1.82) is 0 Å². The zero-order valence-corrected chi connectivity index (χ0v) is 24.4. The molecule has 220 valence electrons. The third-order valence-electron chi connectivity index (χ3n) is 7.58. The summed E-state index contributed by atoms with van der Waals surface area (Å²) < 4.78 is 43.8. The van der Waals surface area contributed by atoms with Crippen molar-refractivity contribution in [3.8, 4) is 11.5 Å². The van der Waals surface area contributed by atoms with E-state index in [1.807, 2.05) is 30.3 Å². The average molecular weight is 631 g/mol. The van der Waals surface area contributed by atoms with Gasteiger partial charge in [-0.1, -0.05) is 28.1 Å². The highest BCUT2D eigenvalue weighted by Gasteiger charge is 2.52. The van der Waals surface area contributed by atoms with E-state index >= 15 is 0 Å². The minimum absolute atomic E-state index is 0.0583. The molecule has 1 saturated heterocycles. The van der Waals surface area contributed by atoms with Crippen molar-refractivity contribution in [3.05, 3.63) is 52.5 Å². The second-order valence-corrected chi connectivity index (χ2v) is 11.1. The highest BCUT2D eigenvalue weighted by molar-refractivity contribution is 9.10. The molecule has 0 spiro atoms. The van der Waals surface area contributed by atoms with Crippen LogP contribution in [-0.2, 0) is 10.2 Å². The molecular weight excluding hydrogens is 595 g/mol. The lowest BCUT2D eigenvalue weighted by molar-refractivity contribution is -0.192. The number of carboxylic acids is 1. The summed E-state index contributed by atoms with van der Waals surface area (Å²) in [4.78, 5) is 24.2. The van der Waals surface area contributed by atoms with Crippen molar-refractivity contribution < 1.29 is 37.3 Å². The molecule has 0 aromatic heterocycles. The number of hydrogen-bond acceptors (Lipinski definition) is 5. The fourth-order valence-electron chi connectivity index (χ4n) is 5.74. The SMILES string of the molecule is COc1ccc(C23CCC(NC(=O)Nc4cccc(Br)c4)CC2N(C(C)C)CC3)cc1OC.O=C(O)C(F)(F)F. The number of carbonyl (C=O) groups is 2. The number of halogens is 4. The Hall–Kier alpha value is -2.99. The number of methoxy groups -OCH3 is 2. The van der Waals surface area contributed by atoms with Crippen LogP contribution in [0, 0.1) is 0 Å². The minimum Gasteiger partial charge on any atom is -0.493 e. The number of urea groups is 1. The summed E-state index contributed by atoms with van der Waals surface area (Å²) in [6.45, 7) is 5.59. The summed E-state index contributed by atoms with van der Waals surface area (Å²) in [5.41, 5.74) is 2.15. The van der Waals surface area contributed by atoms with E-state index in [1.165, 1.54) is 5.56 Å². The number of aliphatic carboxylic acids is 1. The van der Waals surface area contributed by atoms with E-state index < -0.39 is 12.1 Å². The number of likely N-dealkylation sites (tertiary alicyclic amines) is 1. The molecule has 2 aromatic carbocycles. The van der Waals surface area contributed by atoms with Crippen LogP contribution < -0.4 is 20.1 Å². The average Bonchev–Trinajstić information content (AvgIpc) is 3.28. The number of alkyl halides is 3. The first kappa shape index (κ1) is 31.5. The van der Waals surface area contributed by atoms with Gasteiger partial charge in [0.2, 0.25) is 0 Å². The molecule has 0 radical (unpaired) electrons. The first-order valence-electron chi connectivity index (χ1n) is 12.9. The third-order valence-corrected chi connectivity index (χ3v) is 8.08. The van der Waals surface area contributed by atoms with Gasteiger partial charge < -0.3 is 25.2 Å². The van der Waals surface area contributed by atoms with Crippen LogP contribution in [0.15, 0.2) is 46.9 Å². The van der Waals surface area contributed by atoms with Crippen molar-refractivity contribution in [2.75, 3.05) is 26.1 Å². The Morgan fingerprint density at radius 2 is 1.77 bits per heavy atom. The van der Waals surface area contributed by atoms with Crippen LogP contribution in [0.3, 0.4) is 0 Å². The molecule has 3 unspecified atom stereocenters. The minimum atomic E-state index is -5.08. The van der Waals surface area contributed by atoms with Gasteiger partial charge in [0, 0.05) is 33.7 Å². The van der Waals surface area contributed by atoms with Crippen LogP contribution in [0.2, 0.25) is 0 Å². The second kappa shape index (κ2) is 13.1. The molecule has 12 heteroatoms. The summed E-state index contributed by atoms with van der Waals surface area (Å²) in [5, 5.41) is 13.3. The number of rotatable bonds is 6. The van der Waals surface area contributed by atoms with Gasteiger partial charge in [0.25, 0.3) is 0 Å². The smallest absolute Gasteiger partial charge is 0.490 e. The molecule has 3 N–H and O–H groups in total. The molecule has 2 amide bonds. The molecule has 2 fully saturated rings. The maximum Gasteiger partial charge on any atom is 0.490 e. The summed E-state index contributed by atoms with van der Waals surface area (Å²) in [5.74, 6) is -1.22. The maximum atomic E-state index is 12.7. The van der Waals surface area contributed by atoms with Gasteiger partial charge in [-0.15, -0.1) is 0 Å². The molecule has 40 heavy (non-hydrogen) atoms. The van der Waals surface area contributed by atoms with Crippen LogP contribution in [0.25, 0.3) is 0 Å². The van der Waals surface area contributed by atoms with Gasteiger partial charge in [0.15, 0.2) is 11.5 Å². The molecule has 3 atom stereocenters. The highest BCUT2D eigenvalue weighted by Crippen LogP contribution is 2.50. The van der Waals surface area contributed by atoms with Crippen molar-refractivity contribution in [2.45, 2.75) is 69.2 Å². The predicted molar refractivity (Wildman–Crippen MR) is 149 cm³/mol. The molecular formula is C28H35BrF3N3O5. The van der Waals surface area contributed by atoms with E-state index in [0.717, 1.165) is 53.9 Å². The van der Waals surface area contributed by atoms with Crippen LogP contribution >= 0.6 is 15.9 Å². The van der Waals surface area contributed by atoms with Crippen molar-refractivity contribution in [1.82, 2.24) is 10.2 Å². The molecule has 4 rings (SSSR count). The number of anilines is 1. The molecule has 1 heterocycles. The van der Waals surface area contributed by atoms with E-state index in [9.17, 15) is 18.0 Å². The topological polar surface area (TPSA) is 100 Å². The number of carbonyl (C=O) groups excluding carboxylic acids is 1. The summed E-state index contributed by atoms with van der Waals surface area (Å²) >= 11 is 3.45.